The van der Waals surface area contributed by atoms with Crippen molar-refractivity contribution in [2.24, 2.45) is 11.8 Å². The highest BCUT2D eigenvalue weighted by Crippen LogP contribution is 2.17. The van der Waals surface area contributed by atoms with Crippen LogP contribution in [0.3, 0.4) is 0 Å². The Hall–Kier alpha value is -1.06. The molecule has 0 aliphatic carbocycles. The van der Waals surface area contributed by atoms with Gasteiger partial charge in [0.2, 0.25) is 0 Å². The highest BCUT2D eigenvalue weighted by Gasteiger charge is 2.22. The van der Waals surface area contributed by atoms with Crippen LogP contribution in [0.2, 0.25) is 0 Å². The molecule has 4 heteroatoms. The van der Waals surface area contributed by atoms with Crippen LogP contribution in [0.4, 0.5) is 0 Å². The van der Waals surface area contributed by atoms with Gasteiger partial charge < -0.3 is 9.47 Å². The first-order chi connectivity index (χ1) is 8.88. The molecule has 0 fully saturated rings. The monoisotopic (exact) mass is 272 g/mol. The number of carbonyl (C=O) groups excluding carboxylic acids is 2. The SMILES string of the molecule is CCCCOC(=O)CCC(=O)OC(C(C)C)C(C)C. The maximum Gasteiger partial charge on any atom is 0.306 e. The summed E-state index contributed by atoms with van der Waals surface area (Å²) in [7, 11) is 0. The van der Waals surface area contributed by atoms with Gasteiger partial charge in [0.15, 0.2) is 0 Å². The number of carbonyl (C=O) groups is 2. The van der Waals surface area contributed by atoms with Gasteiger partial charge in [0, 0.05) is 0 Å². The van der Waals surface area contributed by atoms with E-state index in [4.69, 9.17) is 9.47 Å². The molecule has 0 bridgehead atoms. The molecule has 0 aliphatic rings. The zero-order valence-corrected chi connectivity index (χ0v) is 12.9. The minimum atomic E-state index is -0.323. The quantitative estimate of drug-likeness (QED) is 0.477. The molecule has 0 aromatic rings. The molecule has 0 aliphatic heterocycles. The van der Waals surface area contributed by atoms with Gasteiger partial charge in [0.05, 0.1) is 19.4 Å². The van der Waals surface area contributed by atoms with Crippen LogP contribution in [0, 0.1) is 11.8 Å². The van der Waals surface area contributed by atoms with Crippen molar-refractivity contribution in [3.05, 3.63) is 0 Å². The Morgan fingerprint density at radius 1 is 0.947 bits per heavy atom. The molecule has 0 spiro atoms. The van der Waals surface area contributed by atoms with Gasteiger partial charge in [-0.05, 0) is 18.3 Å². The lowest BCUT2D eigenvalue weighted by Gasteiger charge is -2.24. The number of hydrogen-bond donors (Lipinski definition) is 0. The van der Waals surface area contributed by atoms with E-state index in [-0.39, 0.29) is 42.7 Å². The second kappa shape index (κ2) is 9.82. The third kappa shape index (κ3) is 8.62. The topological polar surface area (TPSA) is 52.6 Å². The molecule has 0 aromatic carbocycles. The molecule has 0 saturated carbocycles. The highest BCUT2D eigenvalue weighted by molar-refractivity contribution is 5.77. The first-order valence-electron chi connectivity index (χ1n) is 7.23. The predicted molar refractivity (Wildman–Crippen MR) is 74.7 cm³/mol. The molecule has 19 heavy (non-hydrogen) atoms. The summed E-state index contributed by atoms with van der Waals surface area (Å²) >= 11 is 0. The van der Waals surface area contributed by atoms with Crippen molar-refractivity contribution in [3.63, 3.8) is 0 Å². The predicted octanol–water partition coefficient (Wildman–Crippen LogP) is 3.33. The molecule has 0 atom stereocenters. The summed E-state index contributed by atoms with van der Waals surface area (Å²) in [6.45, 7) is 10.6. The molecule has 0 unspecified atom stereocenters. The van der Waals surface area contributed by atoms with E-state index in [1.54, 1.807) is 0 Å². The maximum absolute atomic E-state index is 11.7. The van der Waals surface area contributed by atoms with Crippen LogP contribution in [0.5, 0.6) is 0 Å². The van der Waals surface area contributed by atoms with Crippen LogP contribution in [0.25, 0.3) is 0 Å². The summed E-state index contributed by atoms with van der Waals surface area (Å²) in [5.74, 6) is -0.0863. The smallest absolute Gasteiger partial charge is 0.306 e. The molecule has 0 amide bonds. The Morgan fingerprint density at radius 3 is 1.95 bits per heavy atom. The fourth-order valence-corrected chi connectivity index (χ4v) is 1.86. The maximum atomic E-state index is 11.7. The van der Waals surface area contributed by atoms with Crippen LogP contribution in [-0.2, 0) is 19.1 Å². The van der Waals surface area contributed by atoms with Crippen LogP contribution in [-0.4, -0.2) is 24.6 Å². The average Bonchev–Trinajstić information content (AvgIpc) is 2.33. The number of rotatable bonds is 9. The number of ether oxygens (including phenoxy) is 2. The molecule has 4 nitrogen and oxygen atoms in total. The lowest BCUT2D eigenvalue weighted by atomic mass is 9.96. The van der Waals surface area contributed by atoms with Crippen LogP contribution >= 0.6 is 0 Å². The van der Waals surface area contributed by atoms with Crippen LogP contribution in [0.15, 0.2) is 0 Å². The molecule has 0 aromatic heterocycles. The van der Waals surface area contributed by atoms with Crippen LogP contribution < -0.4 is 0 Å². The second-order valence-electron chi connectivity index (χ2n) is 5.52. The fourth-order valence-electron chi connectivity index (χ4n) is 1.86. The van der Waals surface area contributed by atoms with E-state index < -0.39 is 0 Å². The van der Waals surface area contributed by atoms with Gasteiger partial charge in [-0.3, -0.25) is 9.59 Å². The summed E-state index contributed by atoms with van der Waals surface area (Å²) in [6.07, 6.45) is 1.95. The number of unbranched alkanes of at least 4 members (excludes halogenated alkanes) is 1. The van der Waals surface area contributed by atoms with E-state index in [0.717, 1.165) is 12.8 Å². The van der Waals surface area contributed by atoms with E-state index >= 15 is 0 Å². The Labute approximate surface area is 116 Å². The first kappa shape index (κ1) is 17.9. The molecule has 0 saturated heterocycles. The molecule has 0 heterocycles. The largest absolute Gasteiger partial charge is 0.466 e. The highest BCUT2D eigenvalue weighted by atomic mass is 16.5. The lowest BCUT2D eigenvalue weighted by molar-refractivity contribution is -0.157. The van der Waals surface area contributed by atoms with Crippen molar-refractivity contribution in [1.29, 1.82) is 0 Å². The summed E-state index contributed by atoms with van der Waals surface area (Å²) in [5, 5.41) is 0. The minimum absolute atomic E-state index is 0.0939. The third-order valence-electron chi connectivity index (χ3n) is 2.88. The third-order valence-corrected chi connectivity index (χ3v) is 2.88. The fraction of sp³-hybridized carbons (Fsp3) is 0.867. The first-order valence-corrected chi connectivity index (χ1v) is 7.23. The van der Waals surface area contributed by atoms with Gasteiger partial charge in [-0.2, -0.15) is 0 Å². The Kier molecular flexibility index (Phi) is 9.27. The Bertz CT molecular complexity index is 263. The van der Waals surface area contributed by atoms with Crippen molar-refractivity contribution >= 4 is 11.9 Å². The van der Waals surface area contributed by atoms with Gasteiger partial charge in [-0.25, -0.2) is 0 Å². The second-order valence-corrected chi connectivity index (χ2v) is 5.52. The van der Waals surface area contributed by atoms with E-state index in [1.807, 2.05) is 34.6 Å². The van der Waals surface area contributed by atoms with Gasteiger partial charge in [-0.15, -0.1) is 0 Å². The standard InChI is InChI=1S/C15H28O4/c1-6-7-10-18-13(16)8-9-14(17)19-15(11(2)3)12(4)5/h11-12,15H,6-10H2,1-5H3. The molecule has 112 valence electrons. The summed E-state index contributed by atoms with van der Waals surface area (Å²) in [5.41, 5.74) is 0. The molecular formula is C15H28O4. The molecule has 0 N–H and O–H groups in total. The molecular weight excluding hydrogens is 244 g/mol. The van der Waals surface area contributed by atoms with Crippen molar-refractivity contribution in [2.45, 2.75) is 66.4 Å². The van der Waals surface area contributed by atoms with E-state index in [1.165, 1.54) is 0 Å². The summed E-state index contributed by atoms with van der Waals surface area (Å²) < 4.78 is 10.4. The minimum Gasteiger partial charge on any atom is -0.466 e. The van der Waals surface area contributed by atoms with Crippen molar-refractivity contribution in [3.8, 4) is 0 Å². The summed E-state index contributed by atoms with van der Waals surface area (Å²) in [4.78, 5) is 23.0. The van der Waals surface area contributed by atoms with Gasteiger partial charge in [0.1, 0.15) is 6.10 Å². The average molecular weight is 272 g/mol. The normalized spacial score (nSPS) is 11.2. The van der Waals surface area contributed by atoms with E-state index in [2.05, 4.69) is 0 Å². The Morgan fingerprint density at radius 2 is 1.47 bits per heavy atom. The van der Waals surface area contributed by atoms with E-state index in [0.29, 0.717) is 6.61 Å². The summed E-state index contributed by atoms with van der Waals surface area (Å²) in [6, 6.07) is 0. The van der Waals surface area contributed by atoms with E-state index in [9.17, 15) is 9.59 Å². The van der Waals surface area contributed by atoms with Crippen molar-refractivity contribution < 1.29 is 19.1 Å². The number of esters is 2. The zero-order chi connectivity index (χ0) is 14.8. The zero-order valence-electron chi connectivity index (χ0n) is 12.9. The molecule has 0 radical (unpaired) electrons. The molecule has 0 rings (SSSR count). The van der Waals surface area contributed by atoms with Crippen LogP contribution in [0.1, 0.15) is 60.3 Å². The van der Waals surface area contributed by atoms with Crippen molar-refractivity contribution in [2.75, 3.05) is 6.61 Å². The van der Waals surface area contributed by atoms with Gasteiger partial charge in [0.25, 0.3) is 0 Å². The van der Waals surface area contributed by atoms with Gasteiger partial charge >= 0.3 is 11.9 Å². The lowest BCUT2D eigenvalue weighted by Crippen LogP contribution is -2.29. The van der Waals surface area contributed by atoms with Crippen molar-refractivity contribution in [1.82, 2.24) is 0 Å². The number of hydrogen-bond acceptors (Lipinski definition) is 4. The van der Waals surface area contributed by atoms with Gasteiger partial charge in [-0.1, -0.05) is 41.0 Å². The Balaban J connectivity index is 3.94.